The van der Waals surface area contributed by atoms with Gasteiger partial charge in [0.05, 0.1) is 11.8 Å². The summed E-state index contributed by atoms with van der Waals surface area (Å²) in [5.41, 5.74) is 4.11. The van der Waals surface area contributed by atoms with E-state index in [4.69, 9.17) is 0 Å². The van der Waals surface area contributed by atoms with Crippen LogP contribution in [0.4, 0.5) is 5.69 Å². The van der Waals surface area contributed by atoms with Crippen molar-refractivity contribution in [3.05, 3.63) is 96.1 Å². The molecule has 3 aromatic carbocycles. The quantitative estimate of drug-likeness (QED) is 0.399. The lowest BCUT2D eigenvalue weighted by atomic mass is 10.1. The highest BCUT2D eigenvalue weighted by Gasteiger charge is 2.21. The maximum atomic E-state index is 12.7. The van der Waals surface area contributed by atoms with Crippen molar-refractivity contribution in [1.82, 2.24) is 14.8 Å². The van der Waals surface area contributed by atoms with Crippen molar-refractivity contribution in [2.75, 3.05) is 5.32 Å². The Kier molecular flexibility index (Phi) is 6.48. The highest BCUT2D eigenvalue weighted by molar-refractivity contribution is 8.00. The molecule has 0 aliphatic heterocycles. The fraction of sp³-hybridized carbons (Fsp3) is 0.160. The minimum absolute atomic E-state index is 0.0671. The number of aryl methyl sites for hydroxylation is 1. The molecule has 0 aliphatic rings. The number of aromatic nitrogens is 3. The number of anilines is 1. The molecule has 1 amide bonds. The van der Waals surface area contributed by atoms with Crippen LogP contribution in [0.3, 0.4) is 0 Å². The van der Waals surface area contributed by atoms with Gasteiger partial charge in [-0.15, -0.1) is 10.2 Å². The van der Waals surface area contributed by atoms with E-state index in [0.717, 1.165) is 33.4 Å². The predicted molar refractivity (Wildman–Crippen MR) is 126 cm³/mol. The molecule has 5 nitrogen and oxygen atoms in total. The Morgan fingerprint density at radius 2 is 1.68 bits per heavy atom. The van der Waals surface area contributed by atoms with Crippen LogP contribution < -0.4 is 5.32 Å². The summed E-state index contributed by atoms with van der Waals surface area (Å²) in [6.07, 6.45) is 0. The molecule has 0 radical (unpaired) electrons. The summed E-state index contributed by atoms with van der Waals surface area (Å²) in [6.45, 7) is 4.58. The molecule has 0 fully saturated rings. The van der Waals surface area contributed by atoms with Crippen molar-refractivity contribution in [3.63, 3.8) is 0 Å². The molecule has 1 heterocycles. The van der Waals surface area contributed by atoms with Crippen LogP contribution in [-0.4, -0.2) is 25.9 Å². The average Bonchev–Trinajstić information content (AvgIpc) is 3.17. The van der Waals surface area contributed by atoms with E-state index in [1.807, 2.05) is 67.6 Å². The van der Waals surface area contributed by atoms with Gasteiger partial charge in [-0.05, 0) is 37.6 Å². The van der Waals surface area contributed by atoms with Crippen molar-refractivity contribution in [3.8, 4) is 11.4 Å². The number of nitrogens with zero attached hydrogens (tertiary/aromatic N) is 3. The third-order valence-corrected chi connectivity index (χ3v) is 5.95. The van der Waals surface area contributed by atoms with Crippen LogP contribution in [0, 0.1) is 6.92 Å². The van der Waals surface area contributed by atoms with Crippen LogP contribution in [0.1, 0.15) is 18.1 Å². The van der Waals surface area contributed by atoms with E-state index in [0.29, 0.717) is 6.54 Å². The number of benzene rings is 3. The lowest BCUT2D eigenvalue weighted by Crippen LogP contribution is -2.23. The van der Waals surface area contributed by atoms with Crippen molar-refractivity contribution < 1.29 is 4.79 Å². The van der Waals surface area contributed by atoms with E-state index in [1.54, 1.807) is 0 Å². The summed E-state index contributed by atoms with van der Waals surface area (Å²) in [7, 11) is 0. The van der Waals surface area contributed by atoms with Crippen molar-refractivity contribution >= 4 is 23.4 Å². The lowest BCUT2D eigenvalue weighted by molar-refractivity contribution is -0.115. The number of hydrogen-bond donors (Lipinski definition) is 1. The predicted octanol–water partition coefficient (Wildman–Crippen LogP) is 5.42. The molecule has 156 valence electrons. The topological polar surface area (TPSA) is 59.8 Å². The van der Waals surface area contributed by atoms with Gasteiger partial charge in [-0.2, -0.15) is 0 Å². The molecule has 1 N–H and O–H groups in total. The van der Waals surface area contributed by atoms with E-state index >= 15 is 0 Å². The van der Waals surface area contributed by atoms with Crippen LogP contribution in [-0.2, 0) is 11.3 Å². The van der Waals surface area contributed by atoms with Gasteiger partial charge in [0.2, 0.25) is 5.91 Å². The molecular formula is C25H24N4OS. The molecule has 4 rings (SSSR count). The van der Waals surface area contributed by atoms with Gasteiger partial charge in [0.15, 0.2) is 11.0 Å². The SMILES string of the molecule is Cc1cccc(-c2nnc(S[C@@H](C)C(=O)Nc3ccccc3)n2Cc2ccccc2)c1. The first-order chi connectivity index (χ1) is 15.1. The summed E-state index contributed by atoms with van der Waals surface area (Å²) in [5, 5.41) is 12.3. The zero-order valence-electron chi connectivity index (χ0n) is 17.5. The molecule has 0 spiro atoms. The molecule has 0 saturated heterocycles. The fourth-order valence-electron chi connectivity index (χ4n) is 3.26. The Morgan fingerprint density at radius 3 is 2.39 bits per heavy atom. The molecule has 1 aromatic heterocycles. The van der Waals surface area contributed by atoms with E-state index in [-0.39, 0.29) is 11.2 Å². The summed E-state index contributed by atoms with van der Waals surface area (Å²) >= 11 is 1.41. The molecule has 0 unspecified atom stereocenters. The number of para-hydroxylation sites is 1. The van der Waals surface area contributed by atoms with Gasteiger partial charge in [-0.25, -0.2) is 0 Å². The smallest absolute Gasteiger partial charge is 0.237 e. The zero-order chi connectivity index (χ0) is 21.6. The monoisotopic (exact) mass is 428 g/mol. The number of carbonyl (C=O) groups is 1. The first kappa shape index (κ1) is 20.9. The molecule has 31 heavy (non-hydrogen) atoms. The van der Waals surface area contributed by atoms with E-state index in [1.165, 1.54) is 11.8 Å². The van der Waals surface area contributed by atoms with Crippen molar-refractivity contribution in [1.29, 1.82) is 0 Å². The molecular weight excluding hydrogens is 404 g/mol. The highest BCUT2D eigenvalue weighted by atomic mass is 32.2. The molecule has 0 bridgehead atoms. The summed E-state index contributed by atoms with van der Waals surface area (Å²) in [4.78, 5) is 12.7. The van der Waals surface area contributed by atoms with Gasteiger partial charge < -0.3 is 5.32 Å². The first-order valence-corrected chi connectivity index (χ1v) is 11.0. The third-order valence-electron chi connectivity index (χ3n) is 4.87. The molecule has 4 aromatic rings. The van der Waals surface area contributed by atoms with E-state index in [9.17, 15) is 4.79 Å². The number of nitrogens with one attached hydrogen (secondary N) is 1. The Balaban J connectivity index is 1.61. The van der Waals surface area contributed by atoms with E-state index in [2.05, 4.69) is 51.3 Å². The third kappa shape index (κ3) is 5.22. The van der Waals surface area contributed by atoms with Crippen molar-refractivity contribution in [2.45, 2.75) is 30.8 Å². The Morgan fingerprint density at radius 1 is 0.968 bits per heavy atom. The van der Waals surface area contributed by atoms with Crippen LogP contribution >= 0.6 is 11.8 Å². The average molecular weight is 429 g/mol. The molecule has 1 atom stereocenters. The maximum Gasteiger partial charge on any atom is 0.237 e. The number of rotatable bonds is 7. The Labute approximate surface area is 186 Å². The number of hydrogen-bond acceptors (Lipinski definition) is 4. The minimum Gasteiger partial charge on any atom is -0.325 e. The normalized spacial score (nSPS) is 11.8. The molecule has 0 saturated carbocycles. The Hall–Kier alpha value is -3.38. The first-order valence-electron chi connectivity index (χ1n) is 10.2. The highest BCUT2D eigenvalue weighted by Crippen LogP contribution is 2.28. The molecule has 0 aliphatic carbocycles. The standard InChI is InChI=1S/C25H24N4OS/c1-18-10-9-13-21(16-18)23-27-28-25(29(23)17-20-11-5-3-6-12-20)31-19(2)24(30)26-22-14-7-4-8-15-22/h3-16,19H,17H2,1-2H3,(H,26,30)/t19-/m0/s1. The summed E-state index contributed by atoms with van der Waals surface area (Å²) < 4.78 is 2.08. The van der Waals surface area contributed by atoms with Crippen LogP contribution in [0.2, 0.25) is 0 Å². The number of carbonyl (C=O) groups excluding carboxylic acids is 1. The van der Waals surface area contributed by atoms with Gasteiger partial charge in [-0.1, -0.05) is 84.1 Å². The van der Waals surface area contributed by atoms with Crippen LogP contribution in [0.15, 0.2) is 90.1 Å². The number of thioether (sulfide) groups is 1. The number of amides is 1. The van der Waals surface area contributed by atoms with Crippen molar-refractivity contribution in [2.24, 2.45) is 0 Å². The lowest BCUT2D eigenvalue weighted by Gasteiger charge is -2.14. The maximum absolute atomic E-state index is 12.7. The second kappa shape index (κ2) is 9.62. The second-order valence-corrected chi connectivity index (χ2v) is 8.67. The largest absolute Gasteiger partial charge is 0.325 e. The summed E-state index contributed by atoms with van der Waals surface area (Å²) in [5.74, 6) is 0.730. The molecule has 6 heteroatoms. The van der Waals surface area contributed by atoms with Gasteiger partial charge in [0, 0.05) is 11.3 Å². The van der Waals surface area contributed by atoms with Gasteiger partial charge in [0.1, 0.15) is 0 Å². The van der Waals surface area contributed by atoms with Gasteiger partial charge in [-0.3, -0.25) is 9.36 Å². The van der Waals surface area contributed by atoms with Crippen LogP contribution in [0.25, 0.3) is 11.4 Å². The summed E-state index contributed by atoms with van der Waals surface area (Å²) in [6, 6.07) is 27.9. The van der Waals surface area contributed by atoms with Crippen LogP contribution in [0.5, 0.6) is 0 Å². The van der Waals surface area contributed by atoms with Gasteiger partial charge >= 0.3 is 0 Å². The van der Waals surface area contributed by atoms with Gasteiger partial charge in [0.25, 0.3) is 0 Å². The van der Waals surface area contributed by atoms with E-state index < -0.39 is 0 Å². The zero-order valence-corrected chi connectivity index (χ0v) is 18.3. The second-order valence-electron chi connectivity index (χ2n) is 7.36. The fourth-order valence-corrected chi connectivity index (χ4v) is 4.11. The minimum atomic E-state index is -0.329. The Bertz CT molecular complexity index is 1160.